The van der Waals surface area contributed by atoms with Gasteiger partial charge in [0.2, 0.25) is 11.8 Å². The fraction of sp³-hybridized carbons (Fsp3) is 0.350. The summed E-state index contributed by atoms with van der Waals surface area (Å²) in [4.78, 5) is 61.8. The third-order valence-electron chi connectivity index (χ3n) is 4.61. The highest BCUT2D eigenvalue weighted by molar-refractivity contribution is 6.24. The summed E-state index contributed by atoms with van der Waals surface area (Å²) in [6, 6.07) is 3.39. The maximum absolute atomic E-state index is 12.9. The Balaban J connectivity index is 0.00000320. The SMILES string of the molecule is C#CCCCNC(=O)COc1cccc2c1C(=O)N(C1CCC(=O)NC1=O)C2=O.Cl. The molecular weight excluding hydrogens is 414 g/mol. The van der Waals surface area contributed by atoms with Crippen molar-refractivity contribution in [1.29, 1.82) is 0 Å². The average molecular weight is 434 g/mol. The summed E-state index contributed by atoms with van der Waals surface area (Å²) < 4.78 is 5.46. The van der Waals surface area contributed by atoms with Crippen LogP contribution in [0.3, 0.4) is 0 Å². The summed E-state index contributed by atoms with van der Waals surface area (Å²) in [5.41, 5.74) is 0.0916. The zero-order valence-electron chi connectivity index (χ0n) is 15.9. The number of carbonyl (C=O) groups is 5. The number of ether oxygens (including phenoxy) is 1. The minimum Gasteiger partial charge on any atom is -0.483 e. The molecule has 0 saturated carbocycles. The van der Waals surface area contributed by atoms with Crippen molar-refractivity contribution < 1.29 is 28.7 Å². The Morgan fingerprint density at radius 3 is 2.73 bits per heavy atom. The van der Waals surface area contributed by atoms with E-state index in [1.54, 1.807) is 0 Å². The molecule has 158 valence electrons. The lowest BCUT2D eigenvalue weighted by Gasteiger charge is -2.27. The number of fused-ring (bicyclic) bond motifs is 1. The molecule has 1 fully saturated rings. The summed E-state index contributed by atoms with van der Waals surface area (Å²) in [7, 11) is 0. The molecule has 1 aromatic carbocycles. The molecule has 10 heteroatoms. The predicted molar refractivity (Wildman–Crippen MR) is 107 cm³/mol. The molecular formula is C20H20ClN3O6. The highest BCUT2D eigenvalue weighted by Crippen LogP contribution is 2.33. The van der Waals surface area contributed by atoms with E-state index >= 15 is 0 Å². The lowest BCUT2D eigenvalue weighted by Crippen LogP contribution is -2.54. The number of hydrogen-bond donors (Lipinski definition) is 2. The van der Waals surface area contributed by atoms with Gasteiger partial charge in [0.15, 0.2) is 6.61 Å². The van der Waals surface area contributed by atoms with Gasteiger partial charge in [-0.3, -0.25) is 34.2 Å². The van der Waals surface area contributed by atoms with E-state index in [4.69, 9.17) is 11.2 Å². The molecule has 2 aliphatic rings. The number of imide groups is 2. The van der Waals surface area contributed by atoms with Crippen molar-refractivity contribution in [1.82, 2.24) is 15.5 Å². The zero-order chi connectivity index (χ0) is 21.0. The van der Waals surface area contributed by atoms with Crippen molar-refractivity contribution in [2.24, 2.45) is 0 Å². The lowest BCUT2D eigenvalue weighted by molar-refractivity contribution is -0.136. The van der Waals surface area contributed by atoms with Crippen molar-refractivity contribution in [3.8, 4) is 18.1 Å². The van der Waals surface area contributed by atoms with E-state index in [2.05, 4.69) is 16.6 Å². The van der Waals surface area contributed by atoms with Crippen LogP contribution in [0, 0.1) is 12.3 Å². The number of carbonyl (C=O) groups excluding carboxylic acids is 5. The summed E-state index contributed by atoms with van der Waals surface area (Å²) >= 11 is 0. The first-order chi connectivity index (χ1) is 13.9. The zero-order valence-corrected chi connectivity index (χ0v) is 16.8. The average Bonchev–Trinajstić information content (AvgIpc) is 2.95. The van der Waals surface area contributed by atoms with Gasteiger partial charge >= 0.3 is 0 Å². The molecule has 2 aliphatic heterocycles. The second-order valence-corrected chi connectivity index (χ2v) is 6.57. The molecule has 3 rings (SSSR count). The van der Waals surface area contributed by atoms with Crippen molar-refractivity contribution >= 4 is 41.9 Å². The Morgan fingerprint density at radius 2 is 2.03 bits per heavy atom. The van der Waals surface area contributed by atoms with Gasteiger partial charge in [0, 0.05) is 19.4 Å². The highest BCUT2D eigenvalue weighted by Gasteiger charge is 2.46. The van der Waals surface area contributed by atoms with Crippen molar-refractivity contribution in [2.75, 3.05) is 13.2 Å². The predicted octanol–water partition coefficient (Wildman–Crippen LogP) is 0.418. The minimum absolute atomic E-state index is 0. The van der Waals surface area contributed by atoms with Crippen molar-refractivity contribution in [3.63, 3.8) is 0 Å². The Morgan fingerprint density at radius 1 is 1.27 bits per heavy atom. The number of nitrogens with zero attached hydrogens (tertiary/aromatic N) is 1. The van der Waals surface area contributed by atoms with Gasteiger partial charge in [0.25, 0.3) is 17.7 Å². The fourth-order valence-corrected chi connectivity index (χ4v) is 3.22. The normalized spacial score (nSPS) is 17.6. The monoisotopic (exact) mass is 433 g/mol. The molecule has 30 heavy (non-hydrogen) atoms. The number of benzene rings is 1. The number of nitrogens with one attached hydrogen (secondary N) is 2. The summed E-state index contributed by atoms with van der Waals surface area (Å²) in [5, 5.41) is 4.78. The van der Waals surface area contributed by atoms with Crippen LogP contribution in [0.15, 0.2) is 18.2 Å². The summed E-state index contributed by atoms with van der Waals surface area (Å²) in [6.07, 6.45) is 6.42. The van der Waals surface area contributed by atoms with Gasteiger partial charge < -0.3 is 10.1 Å². The van der Waals surface area contributed by atoms with Gasteiger partial charge in [-0.05, 0) is 25.0 Å². The van der Waals surface area contributed by atoms with Crippen LogP contribution in [0.5, 0.6) is 5.75 Å². The van der Waals surface area contributed by atoms with E-state index < -0.39 is 35.6 Å². The molecule has 5 amide bonds. The Hall–Kier alpha value is -3.38. The molecule has 1 saturated heterocycles. The number of halogens is 1. The van der Waals surface area contributed by atoms with Gasteiger partial charge in [0.1, 0.15) is 11.8 Å². The Labute approximate surface area is 178 Å². The first kappa shape index (κ1) is 22.9. The van der Waals surface area contributed by atoms with Gasteiger partial charge in [-0.2, -0.15) is 0 Å². The van der Waals surface area contributed by atoms with E-state index in [1.807, 2.05) is 0 Å². The van der Waals surface area contributed by atoms with Gasteiger partial charge in [-0.1, -0.05) is 6.07 Å². The number of hydrogen-bond acceptors (Lipinski definition) is 6. The van der Waals surface area contributed by atoms with Crippen LogP contribution in [-0.2, 0) is 14.4 Å². The molecule has 0 aliphatic carbocycles. The van der Waals surface area contributed by atoms with Crippen LogP contribution in [0.4, 0.5) is 0 Å². The van der Waals surface area contributed by atoms with Crippen molar-refractivity contribution in [3.05, 3.63) is 29.3 Å². The van der Waals surface area contributed by atoms with Crippen LogP contribution in [0.2, 0.25) is 0 Å². The Bertz CT molecular complexity index is 939. The maximum atomic E-state index is 12.9. The third kappa shape index (κ3) is 4.60. The molecule has 1 unspecified atom stereocenters. The molecule has 2 N–H and O–H groups in total. The topological polar surface area (TPSA) is 122 Å². The van der Waals surface area contributed by atoms with Crippen LogP contribution in [0.1, 0.15) is 46.4 Å². The van der Waals surface area contributed by atoms with Crippen LogP contribution < -0.4 is 15.4 Å². The summed E-state index contributed by atoms with van der Waals surface area (Å²) in [6.45, 7) is 0.0619. The molecule has 0 aromatic heterocycles. The van der Waals surface area contributed by atoms with E-state index in [0.717, 1.165) is 4.90 Å². The standard InChI is InChI=1S/C20H19N3O6.ClH/c1-2-3-4-10-21-16(25)11-29-14-7-5-6-12-17(14)20(28)23(19(12)27)13-8-9-15(24)22-18(13)26;/h1,5-7,13H,3-4,8-11H2,(H,21,25)(H,22,24,26);1H. The summed E-state index contributed by atoms with van der Waals surface area (Å²) in [5.74, 6) is -0.303. The smallest absolute Gasteiger partial charge is 0.266 e. The van der Waals surface area contributed by atoms with E-state index in [-0.39, 0.29) is 48.7 Å². The molecule has 9 nitrogen and oxygen atoms in total. The first-order valence-electron chi connectivity index (χ1n) is 9.11. The number of unbranched alkanes of at least 4 members (excludes halogenated alkanes) is 1. The fourth-order valence-electron chi connectivity index (χ4n) is 3.22. The third-order valence-corrected chi connectivity index (χ3v) is 4.61. The second kappa shape index (κ2) is 9.89. The maximum Gasteiger partial charge on any atom is 0.266 e. The van der Waals surface area contributed by atoms with Crippen LogP contribution >= 0.6 is 12.4 Å². The van der Waals surface area contributed by atoms with E-state index in [0.29, 0.717) is 19.4 Å². The molecule has 1 aromatic rings. The van der Waals surface area contributed by atoms with Gasteiger partial charge in [0.05, 0.1) is 11.1 Å². The van der Waals surface area contributed by atoms with Crippen LogP contribution in [0.25, 0.3) is 0 Å². The largest absolute Gasteiger partial charge is 0.483 e. The number of amides is 5. The number of terminal acetylenes is 1. The van der Waals surface area contributed by atoms with Gasteiger partial charge in [-0.15, -0.1) is 24.8 Å². The molecule has 0 bridgehead atoms. The Kier molecular flexibility index (Phi) is 7.55. The van der Waals surface area contributed by atoms with Gasteiger partial charge in [-0.25, -0.2) is 0 Å². The van der Waals surface area contributed by atoms with E-state index in [1.165, 1.54) is 18.2 Å². The number of piperidine rings is 1. The van der Waals surface area contributed by atoms with Crippen molar-refractivity contribution in [2.45, 2.75) is 31.7 Å². The second-order valence-electron chi connectivity index (χ2n) is 6.57. The molecule has 0 radical (unpaired) electrons. The van der Waals surface area contributed by atoms with Crippen LogP contribution in [-0.4, -0.2) is 53.6 Å². The van der Waals surface area contributed by atoms with E-state index in [9.17, 15) is 24.0 Å². The highest BCUT2D eigenvalue weighted by atomic mass is 35.5. The molecule has 0 spiro atoms. The number of rotatable bonds is 7. The molecule has 2 heterocycles. The molecule has 1 atom stereocenters. The first-order valence-corrected chi connectivity index (χ1v) is 9.11. The lowest BCUT2D eigenvalue weighted by atomic mass is 10.0. The minimum atomic E-state index is -1.06. The quantitative estimate of drug-likeness (QED) is 0.365.